The van der Waals surface area contributed by atoms with E-state index in [9.17, 15) is 0 Å². The van der Waals surface area contributed by atoms with Gasteiger partial charge in [0.2, 0.25) is 0 Å². The SMILES string of the molecule is CCCCCCCCCCCCCCO[Si](OCCCCCCCCCCCCCC)(OCCCCCCCCCCCCCC)C(N)C(C)C. The highest BCUT2D eigenvalue weighted by atomic mass is 28.4. The molecule has 2 N–H and O–H groups in total. The van der Waals surface area contributed by atoms with Gasteiger partial charge in [0.25, 0.3) is 0 Å². The van der Waals surface area contributed by atoms with E-state index in [1.807, 2.05) is 0 Å². The van der Waals surface area contributed by atoms with E-state index in [0.29, 0.717) is 0 Å². The first-order valence-electron chi connectivity index (χ1n) is 23.7. The van der Waals surface area contributed by atoms with Crippen LogP contribution in [0.25, 0.3) is 0 Å². The van der Waals surface area contributed by atoms with Gasteiger partial charge < -0.3 is 19.0 Å². The highest BCUT2D eigenvalue weighted by Crippen LogP contribution is 2.23. The van der Waals surface area contributed by atoms with E-state index in [0.717, 1.165) is 39.1 Å². The summed E-state index contributed by atoms with van der Waals surface area (Å²) in [6.07, 6.45) is 48.6. The molecule has 0 radical (unpaired) electrons. The molecule has 1 unspecified atom stereocenters. The molecule has 0 amide bonds. The number of hydrogen-bond acceptors (Lipinski definition) is 4. The van der Waals surface area contributed by atoms with Gasteiger partial charge in [0.05, 0.1) is 5.67 Å². The van der Waals surface area contributed by atoms with Gasteiger partial charge in [0.1, 0.15) is 0 Å². The highest BCUT2D eigenvalue weighted by molar-refractivity contribution is 6.62. The standard InChI is InChI=1S/C46H97NO3Si/c1-6-9-12-15-18-21-24-27-30-33-36-39-42-48-51(46(47)45(4)5,49-43-40-37-34-31-28-25-22-19-16-13-10-7-2)50-44-41-38-35-32-29-26-23-20-17-14-11-8-3/h45-46H,6-44,47H2,1-5H3. The van der Waals surface area contributed by atoms with Gasteiger partial charge in [-0.1, -0.05) is 247 Å². The first-order chi connectivity index (χ1) is 25.0. The van der Waals surface area contributed by atoms with Crippen molar-refractivity contribution in [3.05, 3.63) is 0 Å². The third kappa shape index (κ3) is 34.3. The number of rotatable bonds is 44. The smallest absolute Gasteiger partial charge is 0.373 e. The van der Waals surface area contributed by atoms with Gasteiger partial charge in [-0.15, -0.1) is 0 Å². The van der Waals surface area contributed by atoms with E-state index < -0.39 is 8.80 Å². The van der Waals surface area contributed by atoms with Crippen molar-refractivity contribution in [1.82, 2.24) is 0 Å². The van der Waals surface area contributed by atoms with E-state index in [1.165, 1.54) is 212 Å². The third-order valence-corrected chi connectivity index (χ3v) is 14.3. The van der Waals surface area contributed by atoms with E-state index in [4.69, 9.17) is 19.0 Å². The van der Waals surface area contributed by atoms with Crippen LogP contribution in [0.5, 0.6) is 0 Å². The maximum absolute atomic E-state index is 6.92. The van der Waals surface area contributed by atoms with E-state index in [2.05, 4.69) is 34.6 Å². The lowest BCUT2D eigenvalue weighted by Gasteiger charge is -2.36. The van der Waals surface area contributed by atoms with Crippen molar-refractivity contribution in [2.45, 2.75) is 271 Å². The largest absolute Gasteiger partial charge is 0.518 e. The predicted molar refractivity (Wildman–Crippen MR) is 230 cm³/mol. The van der Waals surface area contributed by atoms with Crippen molar-refractivity contribution in [2.75, 3.05) is 19.8 Å². The minimum absolute atomic E-state index is 0.163. The van der Waals surface area contributed by atoms with Crippen molar-refractivity contribution >= 4 is 8.80 Å². The lowest BCUT2D eigenvalue weighted by Crippen LogP contribution is -2.62. The van der Waals surface area contributed by atoms with Crippen LogP contribution in [0.4, 0.5) is 0 Å². The second-order valence-electron chi connectivity index (χ2n) is 16.6. The van der Waals surface area contributed by atoms with Crippen molar-refractivity contribution in [3.63, 3.8) is 0 Å². The second-order valence-corrected chi connectivity index (χ2v) is 19.3. The van der Waals surface area contributed by atoms with Gasteiger partial charge in [-0.05, 0) is 25.2 Å². The van der Waals surface area contributed by atoms with Crippen LogP contribution in [0, 0.1) is 5.92 Å². The summed E-state index contributed by atoms with van der Waals surface area (Å²) >= 11 is 0. The summed E-state index contributed by atoms with van der Waals surface area (Å²) < 4.78 is 20.2. The van der Waals surface area contributed by atoms with Gasteiger partial charge in [-0.2, -0.15) is 0 Å². The predicted octanol–water partition coefficient (Wildman–Crippen LogP) is 15.6. The molecular formula is C46H97NO3Si. The minimum atomic E-state index is -2.98. The molecule has 0 fully saturated rings. The number of hydrogen-bond donors (Lipinski definition) is 1. The third-order valence-electron chi connectivity index (χ3n) is 11.0. The monoisotopic (exact) mass is 740 g/mol. The van der Waals surface area contributed by atoms with E-state index >= 15 is 0 Å². The van der Waals surface area contributed by atoms with Gasteiger partial charge in [-0.25, -0.2) is 0 Å². The topological polar surface area (TPSA) is 53.7 Å². The molecule has 0 bridgehead atoms. The molecule has 0 aliphatic heterocycles. The van der Waals surface area contributed by atoms with Crippen LogP contribution in [0.1, 0.15) is 266 Å². The molecule has 0 aromatic rings. The minimum Gasteiger partial charge on any atom is -0.373 e. The zero-order chi connectivity index (χ0) is 37.4. The Balaban J connectivity index is 4.60. The van der Waals surface area contributed by atoms with Gasteiger partial charge in [-0.3, -0.25) is 0 Å². The van der Waals surface area contributed by atoms with Crippen molar-refractivity contribution < 1.29 is 13.3 Å². The van der Waals surface area contributed by atoms with Crippen LogP contribution in [0.2, 0.25) is 0 Å². The summed E-state index contributed by atoms with van der Waals surface area (Å²) in [6, 6.07) is 0. The summed E-state index contributed by atoms with van der Waals surface area (Å²) in [6.45, 7) is 13.5. The van der Waals surface area contributed by atoms with Gasteiger partial charge in [0, 0.05) is 19.8 Å². The summed E-state index contributed by atoms with van der Waals surface area (Å²) in [4.78, 5) is 0. The maximum atomic E-state index is 6.92. The first-order valence-corrected chi connectivity index (χ1v) is 25.5. The normalized spacial score (nSPS) is 12.8. The van der Waals surface area contributed by atoms with E-state index in [-0.39, 0.29) is 11.6 Å². The Labute approximate surface area is 324 Å². The van der Waals surface area contributed by atoms with Gasteiger partial charge in [0.15, 0.2) is 0 Å². The zero-order valence-corrected chi connectivity index (χ0v) is 37.0. The molecule has 0 aliphatic rings. The van der Waals surface area contributed by atoms with E-state index in [1.54, 1.807) is 0 Å². The van der Waals surface area contributed by atoms with Crippen LogP contribution in [-0.4, -0.2) is 34.3 Å². The number of nitrogens with two attached hydrogens (primary N) is 1. The molecule has 0 aromatic carbocycles. The Morgan fingerprint density at radius 2 is 0.490 bits per heavy atom. The lowest BCUT2D eigenvalue weighted by atomic mass is 10.1. The van der Waals surface area contributed by atoms with Gasteiger partial charge >= 0.3 is 8.80 Å². The average Bonchev–Trinajstić information content (AvgIpc) is 3.13. The fourth-order valence-corrected chi connectivity index (χ4v) is 10.2. The molecule has 0 spiro atoms. The fraction of sp³-hybridized carbons (Fsp3) is 1.00. The van der Waals surface area contributed by atoms with Crippen LogP contribution in [0.15, 0.2) is 0 Å². The Morgan fingerprint density at radius 3 is 0.667 bits per heavy atom. The quantitative estimate of drug-likeness (QED) is 0.0499. The molecule has 5 heteroatoms. The van der Waals surface area contributed by atoms with Crippen LogP contribution in [0.3, 0.4) is 0 Å². The molecule has 0 rings (SSSR count). The summed E-state index contributed by atoms with van der Waals surface area (Å²) in [5.41, 5.74) is 6.76. The van der Waals surface area contributed by atoms with Crippen LogP contribution >= 0.6 is 0 Å². The molecule has 0 saturated heterocycles. The Morgan fingerprint density at radius 1 is 0.314 bits per heavy atom. The summed E-state index contributed by atoms with van der Waals surface area (Å²) in [5, 5.41) is 0. The highest BCUT2D eigenvalue weighted by Gasteiger charge is 2.49. The van der Waals surface area contributed by atoms with Crippen molar-refractivity contribution in [2.24, 2.45) is 11.7 Å². The molecule has 0 saturated carbocycles. The molecule has 0 aromatic heterocycles. The molecular weight excluding hydrogens is 643 g/mol. The van der Waals surface area contributed by atoms with Crippen molar-refractivity contribution in [3.8, 4) is 0 Å². The summed E-state index contributed by atoms with van der Waals surface area (Å²) in [7, 11) is -2.98. The second kappa shape index (κ2) is 41.2. The maximum Gasteiger partial charge on any atom is 0.518 e. The van der Waals surface area contributed by atoms with Crippen LogP contribution < -0.4 is 5.73 Å². The molecule has 308 valence electrons. The Kier molecular flexibility index (Phi) is 41.3. The van der Waals surface area contributed by atoms with Crippen LogP contribution in [-0.2, 0) is 13.3 Å². The molecule has 51 heavy (non-hydrogen) atoms. The number of unbranched alkanes of at least 4 members (excludes halogenated alkanes) is 33. The molecule has 1 atom stereocenters. The molecule has 4 nitrogen and oxygen atoms in total. The Bertz CT molecular complexity index is 574. The van der Waals surface area contributed by atoms with Crippen molar-refractivity contribution in [1.29, 1.82) is 0 Å². The summed E-state index contributed by atoms with van der Waals surface area (Å²) in [5.74, 6) is 0.280. The zero-order valence-electron chi connectivity index (χ0n) is 36.0. The average molecular weight is 740 g/mol. The first kappa shape index (κ1) is 51.1. The molecule has 0 aliphatic carbocycles. The fourth-order valence-electron chi connectivity index (χ4n) is 7.29. The Hall–Kier alpha value is 0.0569. The lowest BCUT2D eigenvalue weighted by molar-refractivity contribution is 0.0424. The molecule has 0 heterocycles.